The van der Waals surface area contributed by atoms with Crippen molar-refractivity contribution in [2.24, 2.45) is 12.0 Å². The van der Waals surface area contributed by atoms with Crippen LogP contribution in [0.1, 0.15) is 16.8 Å². The Morgan fingerprint density at radius 2 is 2.04 bits per heavy atom. The second-order valence-corrected chi connectivity index (χ2v) is 6.34. The van der Waals surface area contributed by atoms with E-state index in [1.807, 2.05) is 39.3 Å². The van der Waals surface area contributed by atoms with E-state index >= 15 is 0 Å². The number of nitrogens with one attached hydrogen (secondary N) is 1. The first-order chi connectivity index (χ1) is 11.6. The van der Waals surface area contributed by atoms with Crippen molar-refractivity contribution in [2.45, 2.75) is 19.5 Å². The standard InChI is InChI=1S/C18H26N6/c1-19-17(20-11-16-12-21-18(22(2)3)23(16)4)24-10-9-14-7-5-6-8-15(14)13-24/h5-8,12H,9-11,13H2,1-4H3,(H,19,20). The molecule has 0 aliphatic carbocycles. The smallest absolute Gasteiger partial charge is 0.204 e. The fourth-order valence-electron chi connectivity index (χ4n) is 3.19. The summed E-state index contributed by atoms with van der Waals surface area (Å²) in [6.07, 6.45) is 2.98. The minimum absolute atomic E-state index is 0.710. The summed E-state index contributed by atoms with van der Waals surface area (Å²) in [4.78, 5) is 13.2. The predicted molar refractivity (Wildman–Crippen MR) is 98.3 cm³/mol. The zero-order valence-electron chi connectivity index (χ0n) is 15.0. The zero-order chi connectivity index (χ0) is 17.1. The minimum atomic E-state index is 0.710. The molecule has 24 heavy (non-hydrogen) atoms. The summed E-state index contributed by atoms with van der Waals surface area (Å²) in [7, 11) is 7.89. The molecule has 0 unspecified atom stereocenters. The Morgan fingerprint density at radius 3 is 2.71 bits per heavy atom. The summed E-state index contributed by atoms with van der Waals surface area (Å²) in [6.45, 7) is 2.61. The van der Waals surface area contributed by atoms with E-state index in [1.165, 1.54) is 11.1 Å². The number of imidazole rings is 1. The monoisotopic (exact) mass is 326 g/mol. The molecule has 1 aliphatic heterocycles. The van der Waals surface area contributed by atoms with Crippen LogP contribution >= 0.6 is 0 Å². The van der Waals surface area contributed by atoms with Crippen molar-refractivity contribution < 1.29 is 0 Å². The predicted octanol–water partition coefficient (Wildman–Crippen LogP) is 1.62. The van der Waals surface area contributed by atoms with E-state index in [0.29, 0.717) is 6.54 Å². The molecule has 1 aromatic carbocycles. The van der Waals surface area contributed by atoms with Crippen molar-refractivity contribution in [2.75, 3.05) is 32.6 Å². The molecule has 0 spiro atoms. The molecule has 128 valence electrons. The lowest BCUT2D eigenvalue weighted by atomic mass is 10.0. The van der Waals surface area contributed by atoms with Gasteiger partial charge in [0.1, 0.15) is 0 Å². The van der Waals surface area contributed by atoms with Gasteiger partial charge in [-0.05, 0) is 17.5 Å². The van der Waals surface area contributed by atoms with E-state index in [1.54, 1.807) is 0 Å². The SMILES string of the molecule is CN=C(NCc1cnc(N(C)C)n1C)N1CCc2ccccc2C1. The highest BCUT2D eigenvalue weighted by molar-refractivity contribution is 5.80. The van der Waals surface area contributed by atoms with Crippen molar-refractivity contribution in [3.8, 4) is 0 Å². The van der Waals surface area contributed by atoms with Crippen LogP contribution in [0.25, 0.3) is 0 Å². The first-order valence-electron chi connectivity index (χ1n) is 8.30. The summed E-state index contributed by atoms with van der Waals surface area (Å²) in [5, 5.41) is 3.48. The average Bonchev–Trinajstić information content (AvgIpc) is 2.96. The van der Waals surface area contributed by atoms with Crippen LogP contribution in [0.3, 0.4) is 0 Å². The van der Waals surface area contributed by atoms with Crippen LogP contribution in [0.2, 0.25) is 0 Å². The van der Waals surface area contributed by atoms with Gasteiger partial charge >= 0.3 is 0 Å². The van der Waals surface area contributed by atoms with Gasteiger partial charge in [-0.15, -0.1) is 0 Å². The highest BCUT2D eigenvalue weighted by atomic mass is 15.3. The van der Waals surface area contributed by atoms with Crippen LogP contribution in [0.5, 0.6) is 0 Å². The molecule has 0 bridgehead atoms. The quantitative estimate of drug-likeness (QED) is 0.688. The van der Waals surface area contributed by atoms with Gasteiger partial charge in [-0.25, -0.2) is 4.98 Å². The van der Waals surface area contributed by atoms with Crippen molar-refractivity contribution in [3.05, 3.63) is 47.3 Å². The minimum Gasteiger partial charge on any atom is -0.351 e. The van der Waals surface area contributed by atoms with Gasteiger partial charge in [0.25, 0.3) is 0 Å². The second-order valence-electron chi connectivity index (χ2n) is 6.34. The zero-order valence-corrected chi connectivity index (χ0v) is 15.0. The number of benzene rings is 1. The van der Waals surface area contributed by atoms with Gasteiger partial charge < -0.3 is 19.7 Å². The Morgan fingerprint density at radius 1 is 1.29 bits per heavy atom. The van der Waals surface area contributed by atoms with Crippen LogP contribution in [0, 0.1) is 0 Å². The van der Waals surface area contributed by atoms with Gasteiger partial charge in [-0.2, -0.15) is 0 Å². The number of anilines is 1. The molecule has 2 heterocycles. The van der Waals surface area contributed by atoms with Gasteiger partial charge in [0.2, 0.25) is 5.95 Å². The molecule has 2 aromatic rings. The number of hydrogen-bond donors (Lipinski definition) is 1. The third-order valence-electron chi connectivity index (χ3n) is 4.53. The third kappa shape index (κ3) is 3.22. The van der Waals surface area contributed by atoms with Crippen LogP contribution in [0.4, 0.5) is 5.95 Å². The average molecular weight is 326 g/mol. The summed E-state index contributed by atoms with van der Waals surface area (Å²) in [5.41, 5.74) is 3.98. The van der Waals surface area contributed by atoms with E-state index in [2.05, 4.69) is 49.0 Å². The maximum absolute atomic E-state index is 4.46. The summed E-state index contributed by atoms with van der Waals surface area (Å²) in [6, 6.07) is 8.66. The largest absolute Gasteiger partial charge is 0.351 e. The van der Waals surface area contributed by atoms with Crippen molar-refractivity contribution in [1.29, 1.82) is 0 Å². The molecule has 0 fully saturated rings. The Hall–Kier alpha value is -2.50. The molecule has 6 heteroatoms. The number of rotatable bonds is 3. The lowest BCUT2D eigenvalue weighted by molar-refractivity contribution is 0.378. The molecule has 0 saturated heterocycles. The number of nitrogens with zero attached hydrogens (tertiary/aromatic N) is 5. The van der Waals surface area contributed by atoms with E-state index < -0.39 is 0 Å². The Kier molecular flexibility index (Phi) is 4.74. The molecule has 0 atom stereocenters. The van der Waals surface area contributed by atoms with Crippen molar-refractivity contribution in [1.82, 2.24) is 19.8 Å². The summed E-state index contributed by atoms with van der Waals surface area (Å²) < 4.78 is 2.10. The Labute approximate surface area is 143 Å². The lowest BCUT2D eigenvalue weighted by Gasteiger charge is -2.31. The van der Waals surface area contributed by atoms with Gasteiger partial charge in [0, 0.05) is 41.3 Å². The van der Waals surface area contributed by atoms with Crippen molar-refractivity contribution >= 4 is 11.9 Å². The van der Waals surface area contributed by atoms with Crippen LogP contribution in [-0.2, 0) is 26.6 Å². The molecule has 1 aromatic heterocycles. The lowest BCUT2D eigenvalue weighted by Crippen LogP contribution is -2.43. The van der Waals surface area contributed by atoms with E-state index in [-0.39, 0.29) is 0 Å². The van der Waals surface area contributed by atoms with Gasteiger partial charge in [0.05, 0.1) is 18.4 Å². The number of aliphatic imine (C=N–C) groups is 1. The molecular weight excluding hydrogens is 300 g/mol. The number of aromatic nitrogens is 2. The molecule has 0 saturated carbocycles. The highest BCUT2D eigenvalue weighted by Crippen LogP contribution is 2.18. The third-order valence-corrected chi connectivity index (χ3v) is 4.53. The Bertz CT molecular complexity index is 731. The molecule has 1 N–H and O–H groups in total. The normalized spacial score (nSPS) is 14.5. The fraction of sp³-hybridized carbons (Fsp3) is 0.444. The summed E-state index contributed by atoms with van der Waals surface area (Å²) in [5.74, 6) is 1.89. The first-order valence-corrected chi connectivity index (χ1v) is 8.30. The van der Waals surface area contributed by atoms with Crippen molar-refractivity contribution in [3.63, 3.8) is 0 Å². The van der Waals surface area contributed by atoms with E-state index in [0.717, 1.165) is 37.1 Å². The number of guanidine groups is 1. The topological polar surface area (TPSA) is 48.7 Å². The molecule has 1 aliphatic rings. The van der Waals surface area contributed by atoms with Gasteiger partial charge in [0.15, 0.2) is 5.96 Å². The van der Waals surface area contributed by atoms with E-state index in [4.69, 9.17) is 0 Å². The number of fused-ring (bicyclic) bond motifs is 1. The maximum atomic E-state index is 4.46. The molecule has 3 rings (SSSR count). The first kappa shape index (κ1) is 16.4. The van der Waals surface area contributed by atoms with E-state index in [9.17, 15) is 0 Å². The highest BCUT2D eigenvalue weighted by Gasteiger charge is 2.19. The molecule has 0 radical (unpaired) electrons. The van der Waals surface area contributed by atoms with Crippen LogP contribution < -0.4 is 10.2 Å². The van der Waals surface area contributed by atoms with Gasteiger partial charge in [-0.1, -0.05) is 24.3 Å². The van der Waals surface area contributed by atoms with Crippen LogP contribution in [-0.4, -0.2) is 48.1 Å². The van der Waals surface area contributed by atoms with Gasteiger partial charge in [-0.3, -0.25) is 4.99 Å². The Balaban J connectivity index is 1.66. The maximum Gasteiger partial charge on any atom is 0.204 e. The number of hydrogen-bond acceptors (Lipinski definition) is 3. The summed E-state index contributed by atoms with van der Waals surface area (Å²) >= 11 is 0. The van der Waals surface area contributed by atoms with Crippen LogP contribution in [0.15, 0.2) is 35.5 Å². The second kappa shape index (κ2) is 6.95. The fourth-order valence-corrected chi connectivity index (χ4v) is 3.19. The molecule has 6 nitrogen and oxygen atoms in total. The molecular formula is C18H26N6. The molecule has 0 amide bonds.